The van der Waals surface area contributed by atoms with Crippen molar-refractivity contribution < 1.29 is 14.3 Å². The normalized spacial score (nSPS) is 19.8. The van der Waals surface area contributed by atoms with Crippen LogP contribution < -0.4 is 10.1 Å². The third-order valence-electron chi connectivity index (χ3n) is 4.58. The van der Waals surface area contributed by atoms with E-state index in [2.05, 4.69) is 5.32 Å². The molecule has 1 atom stereocenters. The van der Waals surface area contributed by atoms with Crippen LogP contribution in [0.5, 0.6) is 5.75 Å². The lowest BCUT2D eigenvalue weighted by atomic mass is 9.87. The molecule has 2 aromatic rings. The molecule has 3 amide bonds. The quantitative estimate of drug-likeness (QED) is 0.823. The summed E-state index contributed by atoms with van der Waals surface area (Å²) in [5.74, 6) is 0.501. The van der Waals surface area contributed by atoms with Crippen molar-refractivity contribution in [3.05, 3.63) is 65.7 Å². The Morgan fingerprint density at radius 2 is 1.72 bits per heavy atom. The highest BCUT2D eigenvalue weighted by Crippen LogP contribution is 2.32. The van der Waals surface area contributed by atoms with Gasteiger partial charge in [0.2, 0.25) is 0 Å². The molecule has 5 heteroatoms. The van der Waals surface area contributed by atoms with E-state index in [1.807, 2.05) is 68.4 Å². The third kappa shape index (κ3) is 3.22. The van der Waals surface area contributed by atoms with Crippen LogP contribution >= 0.6 is 0 Å². The van der Waals surface area contributed by atoms with Gasteiger partial charge in [-0.15, -0.1) is 0 Å². The van der Waals surface area contributed by atoms with Gasteiger partial charge in [0.05, 0.1) is 6.54 Å². The molecule has 1 fully saturated rings. The summed E-state index contributed by atoms with van der Waals surface area (Å²) in [5.41, 5.74) is 0.970. The van der Waals surface area contributed by atoms with Gasteiger partial charge in [0.15, 0.2) is 0 Å². The van der Waals surface area contributed by atoms with E-state index in [1.54, 1.807) is 0 Å². The van der Waals surface area contributed by atoms with E-state index in [0.29, 0.717) is 6.42 Å². The molecule has 130 valence electrons. The molecule has 1 unspecified atom stereocenters. The molecule has 0 aromatic heterocycles. The van der Waals surface area contributed by atoms with Crippen LogP contribution in [0.2, 0.25) is 0 Å². The highest BCUT2D eigenvalue weighted by atomic mass is 16.5. The zero-order valence-electron chi connectivity index (χ0n) is 14.5. The molecule has 0 aliphatic carbocycles. The summed E-state index contributed by atoms with van der Waals surface area (Å²) in [6.07, 6.45) is 0.497. The van der Waals surface area contributed by atoms with Gasteiger partial charge in [0.25, 0.3) is 5.91 Å². The van der Waals surface area contributed by atoms with Crippen molar-refractivity contribution in [1.29, 1.82) is 0 Å². The fourth-order valence-corrected chi connectivity index (χ4v) is 3.08. The second kappa shape index (κ2) is 6.97. The van der Waals surface area contributed by atoms with Crippen LogP contribution in [0.1, 0.15) is 24.5 Å². The molecule has 1 saturated heterocycles. The van der Waals surface area contributed by atoms with Gasteiger partial charge in [-0.3, -0.25) is 9.69 Å². The van der Waals surface area contributed by atoms with Crippen LogP contribution in [0, 0.1) is 6.92 Å². The SMILES string of the molecule is CCC1(c2ccccc2)NC(=O)N(CCOc2ccc(C)cc2)C1=O. The minimum Gasteiger partial charge on any atom is -0.492 e. The lowest BCUT2D eigenvalue weighted by Gasteiger charge is -2.25. The number of nitrogens with zero attached hydrogens (tertiary/aromatic N) is 1. The Hall–Kier alpha value is -2.82. The number of carbonyl (C=O) groups is 2. The Balaban J connectivity index is 1.69. The lowest BCUT2D eigenvalue weighted by Crippen LogP contribution is -2.43. The third-order valence-corrected chi connectivity index (χ3v) is 4.58. The van der Waals surface area contributed by atoms with Gasteiger partial charge >= 0.3 is 6.03 Å². The predicted molar refractivity (Wildman–Crippen MR) is 95.3 cm³/mol. The second-order valence-electron chi connectivity index (χ2n) is 6.17. The largest absolute Gasteiger partial charge is 0.492 e. The predicted octanol–water partition coefficient (Wildman–Crippen LogP) is 3.23. The Kier molecular flexibility index (Phi) is 4.74. The number of aryl methyl sites for hydroxylation is 1. The average molecular weight is 338 g/mol. The Bertz CT molecular complexity index is 758. The van der Waals surface area contributed by atoms with Crippen molar-refractivity contribution in [3.63, 3.8) is 0 Å². The number of carbonyl (C=O) groups excluding carboxylic acids is 2. The van der Waals surface area contributed by atoms with Gasteiger partial charge in [-0.05, 0) is 31.0 Å². The van der Waals surface area contributed by atoms with E-state index < -0.39 is 5.54 Å². The van der Waals surface area contributed by atoms with Gasteiger partial charge in [-0.25, -0.2) is 4.79 Å². The summed E-state index contributed by atoms with van der Waals surface area (Å²) < 4.78 is 5.65. The maximum absolute atomic E-state index is 12.9. The summed E-state index contributed by atoms with van der Waals surface area (Å²) in [7, 11) is 0. The number of benzene rings is 2. The van der Waals surface area contributed by atoms with Crippen LogP contribution in [-0.2, 0) is 10.3 Å². The van der Waals surface area contributed by atoms with Gasteiger partial charge in [0, 0.05) is 0 Å². The lowest BCUT2D eigenvalue weighted by molar-refractivity contribution is -0.132. The number of imide groups is 1. The van der Waals surface area contributed by atoms with Crippen molar-refractivity contribution in [2.24, 2.45) is 0 Å². The molecule has 0 bridgehead atoms. The van der Waals surface area contributed by atoms with Gasteiger partial charge in [-0.1, -0.05) is 55.0 Å². The number of hydrogen-bond donors (Lipinski definition) is 1. The first-order valence-corrected chi connectivity index (χ1v) is 8.46. The number of amides is 3. The minimum absolute atomic E-state index is 0.215. The van der Waals surface area contributed by atoms with Crippen molar-refractivity contribution in [3.8, 4) is 5.75 Å². The molecule has 25 heavy (non-hydrogen) atoms. The fourth-order valence-electron chi connectivity index (χ4n) is 3.08. The molecule has 0 saturated carbocycles. The smallest absolute Gasteiger partial charge is 0.325 e. The number of ether oxygens (including phenoxy) is 1. The molecule has 1 heterocycles. The molecule has 0 radical (unpaired) electrons. The first-order chi connectivity index (χ1) is 12.1. The minimum atomic E-state index is -0.984. The maximum Gasteiger partial charge on any atom is 0.325 e. The van der Waals surface area contributed by atoms with Crippen LogP contribution in [0.15, 0.2) is 54.6 Å². The van der Waals surface area contributed by atoms with Gasteiger partial charge in [0.1, 0.15) is 17.9 Å². The van der Waals surface area contributed by atoms with Gasteiger partial charge in [-0.2, -0.15) is 0 Å². The maximum atomic E-state index is 12.9. The molecule has 0 spiro atoms. The van der Waals surface area contributed by atoms with Crippen molar-refractivity contribution in [2.75, 3.05) is 13.2 Å². The number of hydrogen-bond acceptors (Lipinski definition) is 3. The van der Waals surface area contributed by atoms with Crippen LogP contribution in [-0.4, -0.2) is 30.0 Å². The van der Waals surface area contributed by atoms with E-state index in [0.717, 1.165) is 16.9 Å². The fraction of sp³-hybridized carbons (Fsp3) is 0.300. The standard InChI is InChI=1S/C20H22N2O3/c1-3-20(16-7-5-4-6-8-16)18(23)22(19(24)21-20)13-14-25-17-11-9-15(2)10-12-17/h4-12H,3,13-14H2,1-2H3,(H,21,24). The number of nitrogens with one attached hydrogen (secondary N) is 1. The first-order valence-electron chi connectivity index (χ1n) is 8.46. The topological polar surface area (TPSA) is 58.6 Å². The zero-order valence-corrected chi connectivity index (χ0v) is 14.5. The highest BCUT2D eigenvalue weighted by molar-refractivity contribution is 6.07. The Morgan fingerprint density at radius 3 is 2.36 bits per heavy atom. The van der Waals surface area contributed by atoms with Crippen molar-refractivity contribution in [2.45, 2.75) is 25.8 Å². The Morgan fingerprint density at radius 1 is 1.04 bits per heavy atom. The summed E-state index contributed by atoms with van der Waals surface area (Å²) >= 11 is 0. The molecule has 1 N–H and O–H groups in total. The molecule has 3 rings (SSSR count). The summed E-state index contributed by atoms with van der Waals surface area (Å²) in [5, 5.41) is 2.87. The Labute approximate surface area is 147 Å². The van der Waals surface area contributed by atoms with Crippen LogP contribution in [0.3, 0.4) is 0 Å². The van der Waals surface area contributed by atoms with E-state index in [1.165, 1.54) is 4.90 Å². The summed E-state index contributed by atoms with van der Waals surface area (Å²) in [4.78, 5) is 26.5. The summed E-state index contributed by atoms with van der Waals surface area (Å²) in [6.45, 7) is 4.38. The van der Waals surface area contributed by atoms with E-state index in [4.69, 9.17) is 4.74 Å². The second-order valence-corrected chi connectivity index (χ2v) is 6.17. The molecule has 1 aliphatic rings. The van der Waals surface area contributed by atoms with Gasteiger partial charge < -0.3 is 10.1 Å². The average Bonchev–Trinajstić information content (AvgIpc) is 2.89. The van der Waals surface area contributed by atoms with E-state index in [9.17, 15) is 9.59 Å². The molecule has 5 nitrogen and oxygen atoms in total. The number of rotatable bonds is 6. The molecular weight excluding hydrogens is 316 g/mol. The van der Waals surface area contributed by atoms with Crippen molar-refractivity contribution >= 4 is 11.9 Å². The van der Waals surface area contributed by atoms with Crippen molar-refractivity contribution in [1.82, 2.24) is 10.2 Å². The highest BCUT2D eigenvalue weighted by Gasteiger charge is 2.50. The monoisotopic (exact) mass is 338 g/mol. The van der Waals surface area contributed by atoms with Crippen LogP contribution in [0.25, 0.3) is 0 Å². The zero-order chi connectivity index (χ0) is 17.9. The van der Waals surface area contributed by atoms with Crippen LogP contribution in [0.4, 0.5) is 4.79 Å². The molecule has 1 aliphatic heterocycles. The molecule has 2 aromatic carbocycles. The molecular formula is C20H22N2O3. The first kappa shape index (κ1) is 17.0. The number of urea groups is 1. The summed E-state index contributed by atoms with van der Waals surface area (Å²) in [6, 6.07) is 16.7. The van der Waals surface area contributed by atoms with E-state index >= 15 is 0 Å². The van der Waals surface area contributed by atoms with E-state index in [-0.39, 0.29) is 25.1 Å².